The number of benzene rings is 2. The van der Waals surface area contributed by atoms with Gasteiger partial charge < -0.3 is 5.32 Å². The van der Waals surface area contributed by atoms with E-state index in [0.29, 0.717) is 0 Å². The minimum absolute atomic E-state index is 0.00748. The van der Waals surface area contributed by atoms with Crippen molar-refractivity contribution in [3.8, 4) is 0 Å². The third-order valence-corrected chi connectivity index (χ3v) is 4.27. The fourth-order valence-electron chi connectivity index (χ4n) is 3.40. The Morgan fingerprint density at radius 2 is 1.87 bits per heavy atom. The number of nitrogens with one attached hydrogen (secondary N) is 1. The van der Waals surface area contributed by atoms with Gasteiger partial charge in [-0.3, -0.25) is 4.79 Å². The Balaban J connectivity index is 2.15. The second-order valence-electron chi connectivity index (χ2n) is 6.65. The van der Waals surface area contributed by atoms with Gasteiger partial charge in [-0.1, -0.05) is 44.2 Å². The molecule has 0 unspecified atom stereocenters. The molecular formula is C20H20FNO. The van der Waals surface area contributed by atoms with Crippen LogP contribution in [0.4, 0.5) is 10.1 Å². The summed E-state index contributed by atoms with van der Waals surface area (Å²) >= 11 is 0. The normalized spacial score (nSPS) is 16.0. The number of para-hydroxylation sites is 1. The van der Waals surface area contributed by atoms with E-state index in [4.69, 9.17) is 0 Å². The van der Waals surface area contributed by atoms with Crippen molar-refractivity contribution in [3.05, 3.63) is 65.5 Å². The molecule has 1 amide bonds. The molecule has 0 fully saturated rings. The summed E-state index contributed by atoms with van der Waals surface area (Å²) in [5.74, 6) is -0.323. The summed E-state index contributed by atoms with van der Waals surface area (Å²) in [6.45, 7) is 5.83. The predicted molar refractivity (Wildman–Crippen MR) is 92.4 cm³/mol. The number of amides is 1. The van der Waals surface area contributed by atoms with Gasteiger partial charge >= 0.3 is 0 Å². The highest BCUT2D eigenvalue weighted by Crippen LogP contribution is 2.56. The first-order valence-electron chi connectivity index (χ1n) is 7.75. The van der Waals surface area contributed by atoms with E-state index in [9.17, 15) is 9.18 Å². The van der Waals surface area contributed by atoms with Crippen molar-refractivity contribution in [2.24, 2.45) is 5.41 Å². The van der Waals surface area contributed by atoms with Crippen molar-refractivity contribution in [3.63, 3.8) is 0 Å². The maximum absolute atomic E-state index is 13.6. The van der Waals surface area contributed by atoms with Gasteiger partial charge in [0.1, 0.15) is 5.82 Å². The van der Waals surface area contributed by atoms with Crippen molar-refractivity contribution in [1.82, 2.24) is 0 Å². The molecule has 0 saturated heterocycles. The summed E-state index contributed by atoms with van der Waals surface area (Å²) < 4.78 is 13.6. The number of carbonyl (C=O) groups is 1. The van der Waals surface area contributed by atoms with Crippen LogP contribution in [0.5, 0.6) is 0 Å². The average Bonchev–Trinajstić information content (AvgIpc) is 2.45. The van der Waals surface area contributed by atoms with Gasteiger partial charge in [0, 0.05) is 18.2 Å². The highest BCUT2D eigenvalue weighted by Gasteiger charge is 2.38. The number of halogens is 1. The number of hydrogen-bond donors (Lipinski definition) is 1. The van der Waals surface area contributed by atoms with Crippen LogP contribution in [-0.2, 0) is 4.79 Å². The minimum atomic E-state index is -0.229. The van der Waals surface area contributed by atoms with E-state index in [-0.39, 0.29) is 17.1 Å². The van der Waals surface area contributed by atoms with Crippen LogP contribution < -0.4 is 5.32 Å². The molecule has 0 aliphatic heterocycles. The van der Waals surface area contributed by atoms with E-state index in [1.807, 2.05) is 30.3 Å². The molecule has 23 heavy (non-hydrogen) atoms. The van der Waals surface area contributed by atoms with Crippen LogP contribution in [0.25, 0.3) is 11.1 Å². The molecule has 0 aromatic heterocycles. The third kappa shape index (κ3) is 2.91. The molecule has 0 spiro atoms. The van der Waals surface area contributed by atoms with Crippen LogP contribution >= 0.6 is 0 Å². The molecule has 0 saturated carbocycles. The lowest BCUT2D eigenvalue weighted by molar-refractivity contribution is -0.114. The lowest BCUT2D eigenvalue weighted by atomic mass is 9.62. The SMILES string of the molecule is CC(=O)Nc1ccccc1C1=C(c2cccc(F)c2)C(C)(C)C1. The van der Waals surface area contributed by atoms with Gasteiger partial charge in [0.05, 0.1) is 0 Å². The summed E-state index contributed by atoms with van der Waals surface area (Å²) in [5, 5.41) is 2.89. The topological polar surface area (TPSA) is 29.1 Å². The van der Waals surface area contributed by atoms with Gasteiger partial charge in [0.2, 0.25) is 5.91 Å². The maximum Gasteiger partial charge on any atom is 0.221 e. The zero-order chi connectivity index (χ0) is 16.6. The smallest absolute Gasteiger partial charge is 0.221 e. The standard InChI is InChI=1S/C20H20FNO/c1-13(23)22-18-10-5-4-9-16(18)17-12-20(2,3)19(17)14-7-6-8-15(21)11-14/h4-11H,12H2,1-3H3,(H,22,23). The number of rotatable bonds is 3. The Labute approximate surface area is 136 Å². The lowest BCUT2D eigenvalue weighted by Crippen LogP contribution is -2.26. The largest absolute Gasteiger partial charge is 0.326 e. The molecule has 2 aromatic carbocycles. The first-order chi connectivity index (χ1) is 10.9. The van der Waals surface area contributed by atoms with E-state index < -0.39 is 0 Å². The second kappa shape index (κ2) is 5.65. The van der Waals surface area contributed by atoms with Gasteiger partial charge in [0.25, 0.3) is 0 Å². The van der Waals surface area contributed by atoms with Crippen molar-refractivity contribution < 1.29 is 9.18 Å². The van der Waals surface area contributed by atoms with Crippen LogP contribution in [0.1, 0.15) is 38.3 Å². The van der Waals surface area contributed by atoms with Crippen LogP contribution in [-0.4, -0.2) is 5.91 Å². The molecule has 1 aliphatic rings. The molecule has 2 nitrogen and oxygen atoms in total. The number of hydrogen-bond acceptors (Lipinski definition) is 1. The molecule has 1 N–H and O–H groups in total. The first kappa shape index (κ1) is 15.5. The summed E-state index contributed by atoms with van der Waals surface area (Å²) in [5.41, 5.74) is 5.04. The van der Waals surface area contributed by atoms with Crippen LogP contribution in [0.3, 0.4) is 0 Å². The van der Waals surface area contributed by atoms with Crippen LogP contribution in [0, 0.1) is 11.2 Å². The highest BCUT2D eigenvalue weighted by atomic mass is 19.1. The van der Waals surface area contributed by atoms with Crippen LogP contribution in [0.15, 0.2) is 48.5 Å². The molecular weight excluding hydrogens is 289 g/mol. The van der Waals surface area contributed by atoms with E-state index in [1.54, 1.807) is 12.1 Å². The Morgan fingerprint density at radius 3 is 2.52 bits per heavy atom. The molecule has 118 valence electrons. The Morgan fingerprint density at radius 1 is 1.13 bits per heavy atom. The molecule has 0 atom stereocenters. The number of anilines is 1. The summed E-state index contributed by atoms with van der Waals surface area (Å²) in [6, 6.07) is 14.5. The Bertz CT molecular complexity index is 805. The zero-order valence-electron chi connectivity index (χ0n) is 13.6. The fraction of sp³-hybridized carbons (Fsp3) is 0.250. The zero-order valence-corrected chi connectivity index (χ0v) is 13.6. The lowest BCUT2D eigenvalue weighted by Gasteiger charge is -2.42. The third-order valence-electron chi connectivity index (χ3n) is 4.27. The second-order valence-corrected chi connectivity index (χ2v) is 6.65. The summed E-state index contributed by atoms with van der Waals surface area (Å²) in [7, 11) is 0. The van der Waals surface area contributed by atoms with Gasteiger partial charge in [-0.05, 0) is 46.7 Å². The van der Waals surface area contributed by atoms with Crippen molar-refractivity contribution >= 4 is 22.7 Å². The molecule has 0 bridgehead atoms. The first-order valence-corrected chi connectivity index (χ1v) is 7.75. The maximum atomic E-state index is 13.6. The number of carbonyl (C=O) groups excluding carboxylic acids is 1. The predicted octanol–water partition coefficient (Wildman–Crippen LogP) is 5.12. The van der Waals surface area contributed by atoms with Gasteiger partial charge in [-0.25, -0.2) is 4.39 Å². The quantitative estimate of drug-likeness (QED) is 0.837. The summed E-state index contributed by atoms with van der Waals surface area (Å²) in [6.07, 6.45) is 0.898. The Hall–Kier alpha value is -2.42. The van der Waals surface area contributed by atoms with Gasteiger partial charge in [-0.15, -0.1) is 0 Å². The van der Waals surface area contributed by atoms with E-state index in [2.05, 4.69) is 19.2 Å². The molecule has 0 heterocycles. The van der Waals surface area contributed by atoms with Crippen molar-refractivity contribution in [2.75, 3.05) is 5.32 Å². The van der Waals surface area contributed by atoms with Crippen molar-refractivity contribution in [1.29, 1.82) is 0 Å². The van der Waals surface area contributed by atoms with Gasteiger partial charge in [0.15, 0.2) is 0 Å². The number of allylic oxidation sites excluding steroid dienone is 2. The van der Waals surface area contributed by atoms with Crippen LogP contribution in [0.2, 0.25) is 0 Å². The van der Waals surface area contributed by atoms with E-state index in [0.717, 1.165) is 28.8 Å². The van der Waals surface area contributed by atoms with Gasteiger partial charge in [-0.2, -0.15) is 0 Å². The molecule has 1 aliphatic carbocycles. The van der Waals surface area contributed by atoms with E-state index in [1.165, 1.54) is 18.6 Å². The van der Waals surface area contributed by atoms with E-state index >= 15 is 0 Å². The molecule has 3 rings (SSSR count). The fourth-order valence-corrected chi connectivity index (χ4v) is 3.40. The molecule has 0 radical (unpaired) electrons. The summed E-state index contributed by atoms with van der Waals surface area (Å²) in [4.78, 5) is 11.4. The Kier molecular flexibility index (Phi) is 3.80. The monoisotopic (exact) mass is 309 g/mol. The average molecular weight is 309 g/mol. The van der Waals surface area contributed by atoms with Crippen molar-refractivity contribution in [2.45, 2.75) is 27.2 Å². The minimum Gasteiger partial charge on any atom is -0.326 e. The molecule has 3 heteroatoms. The molecule has 2 aromatic rings. The highest BCUT2D eigenvalue weighted by molar-refractivity contribution is 6.04.